The van der Waals surface area contributed by atoms with Crippen LogP contribution >= 0.6 is 0 Å². The molecule has 0 bridgehead atoms. The molecule has 0 amide bonds. The average molecular weight is 260 g/mol. The van der Waals surface area contributed by atoms with Crippen LogP contribution in [0.4, 0.5) is 0 Å². The van der Waals surface area contributed by atoms with Gasteiger partial charge in [-0.3, -0.25) is 0 Å². The van der Waals surface area contributed by atoms with Crippen LogP contribution < -0.4 is 11.5 Å². The molecule has 4 nitrogen and oxygen atoms in total. The van der Waals surface area contributed by atoms with Gasteiger partial charge in [-0.25, -0.2) is 0 Å². The monoisotopic (exact) mass is 260 g/mol. The van der Waals surface area contributed by atoms with Crippen molar-refractivity contribution in [1.29, 1.82) is 0 Å². The van der Waals surface area contributed by atoms with Crippen molar-refractivity contribution in [3.63, 3.8) is 0 Å². The van der Waals surface area contributed by atoms with Gasteiger partial charge in [0.2, 0.25) is 5.96 Å². The zero-order chi connectivity index (χ0) is 14.1. The molecule has 4 N–H and O–H groups in total. The second kappa shape index (κ2) is 8.29. The Morgan fingerprint density at radius 2 is 1.89 bits per heavy atom. The van der Waals surface area contributed by atoms with E-state index < -0.39 is 0 Å². The average Bonchev–Trinajstić information content (AvgIpc) is 2.37. The zero-order valence-corrected chi connectivity index (χ0v) is 11.9. The standard InChI is InChI=1S/C15H24N4/c1-3-4-5-6-10-14(18-19-15(16)17)13-9-7-8-12(2)11-13/h7-9,11H,3-6,10H2,1-2H3,(H4,16,17,19)/b18-14-. The van der Waals surface area contributed by atoms with Crippen molar-refractivity contribution in [2.45, 2.75) is 46.0 Å². The lowest BCUT2D eigenvalue weighted by atomic mass is 10.0. The van der Waals surface area contributed by atoms with Crippen LogP contribution in [-0.4, -0.2) is 11.7 Å². The maximum atomic E-state index is 5.35. The van der Waals surface area contributed by atoms with Crippen molar-refractivity contribution in [1.82, 2.24) is 0 Å². The van der Waals surface area contributed by atoms with E-state index in [1.54, 1.807) is 0 Å². The largest absolute Gasteiger partial charge is 0.369 e. The Morgan fingerprint density at radius 3 is 2.53 bits per heavy atom. The summed E-state index contributed by atoms with van der Waals surface area (Å²) >= 11 is 0. The summed E-state index contributed by atoms with van der Waals surface area (Å²) in [5.74, 6) is -0.00119. The summed E-state index contributed by atoms with van der Waals surface area (Å²) in [5, 5.41) is 7.98. The highest BCUT2D eigenvalue weighted by atomic mass is 15.3. The summed E-state index contributed by atoms with van der Waals surface area (Å²) in [6.07, 6.45) is 5.71. The van der Waals surface area contributed by atoms with E-state index in [9.17, 15) is 0 Å². The molecular formula is C15H24N4. The van der Waals surface area contributed by atoms with Gasteiger partial charge in [0.1, 0.15) is 0 Å². The van der Waals surface area contributed by atoms with Crippen LogP contribution in [0.15, 0.2) is 34.5 Å². The lowest BCUT2D eigenvalue weighted by Gasteiger charge is -2.06. The third-order valence-electron chi connectivity index (χ3n) is 2.90. The normalized spacial score (nSPS) is 11.4. The highest BCUT2D eigenvalue weighted by Gasteiger charge is 2.04. The number of nitrogens with two attached hydrogens (primary N) is 2. The number of aryl methyl sites for hydroxylation is 1. The lowest BCUT2D eigenvalue weighted by molar-refractivity contribution is 0.682. The Bertz CT molecular complexity index is 445. The Balaban J connectivity index is 2.80. The molecule has 0 atom stereocenters. The summed E-state index contributed by atoms with van der Waals surface area (Å²) in [5.41, 5.74) is 14.0. The number of guanidine groups is 1. The van der Waals surface area contributed by atoms with Crippen molar-refractivity contribution in [3.8, 4) is 0 Å². The van der Waals surface area contributed by atoms with E-state index >= 15 is 0 Å². The van der Waals surface area contributed by atoms with Gasteiger partial charge in [0.15, 0.2) is 0 Å². The minimum absolute atomic E-state index is 0.00119. The van der Waals surface area contributed by atoms with Crippen LogP contribution in [0.1, 0.15) is 50.2 Å². The van der Waals surface area contributed by atoms with E-state index in [1.807, 2.05) is 12.1 Å². The minimum Gasteiger partial charge on any atom is -0.369 e. The zero-order valence-electron chi connectivity index (χ0n) is 11.9. The van der Waals surface area contributed by atoms with Crippen molar-refractivity contribution < 1.29 is 0 Å². The molecule has 4 heteroatoms. The number of hydrogen-bond donors (Lipinski definition) is 2. The predicted octanol–water partition coefficient (Wildman–Crippen LogP) is 2.94. The number of hydrogen-bond acceptors (Lipinski definition) is 2. The molecule has 0 aromatic heterocycles. The fourth-order valence-corrected chi connectivity index (χ4v) is 1.91. The fraction of sp³-hybridized carbons (Fsp3) is 0.467. The molecule has 0 unspecified atom stereocenters. The van der Waals surface area contributed by atoms with Crippen molar-refractivity contribution >= 4 is 11.7 Å². The third-order valence-corrected chi connectivity index (χ3v) is 2.90. The van der Waals surface area contributed by atoms with Crippen molar-refractivity contribution in [2.75, 3.05) is 0 Å². The molecule has 0 spiro atoms. The topological polar surface area (TPSA) is 76.8 Å². The molecule has 1 aromatic rings. The number of rotatable bonds is 7. The van der Waals surface area contributed by atoms with Crippen LogP contribution in [0.2, 0.25) is 0 Å². The molecule has 0 fully saturated rings. The smallest absolute Gasteiger partial charge is 0.211 e. The molecule has 0 aliphatic carbocycles. The second-order valence-electron chi connectivity index (χ2n) is 4.75. The highest BCUT2D eigenvalue weighted by molar-refractivity contribution is 6.00. The van der Waals surface area contributed by atoms with Gasteiger partial charge in [-0.05, 0) is 25.3 Å². The van der Waals surface area contributed by atoms with E-state index in [-0.39, 0.29) is 5.96 Å². The van der Waals surface area contributed by atoms with Gasteiger partial charge in [0.05, 0.1) is 5.71 Å². The first-order chi connectivity index (χ1) is 9.13. The van der Waals surface area contributed by atoms with E-state index in [4.69, 9.17) is 11.5 Å². The van der Waals surface area contributed by atoms with Gasteiger partial charge in [0, 0.05) is 0 Å². The van der Waals surface area contributed by atoms with Gasteiger partial charge in [0.25, 0.3) is 0 Å². The number of benzene rings is 1. The lowest BCUT2D eigenvalue weighted by Crippen LogP contribution is -2.22. The Kier molecular flexibility index (Phi) is 6.64. The Labute approximate surface area is 115 Å². The van der Waals surface area contributed by atoms with E-state index in [2.05, 4.69) is 36.2 Å². The number of nitrogens with zero attached hydrogens (tertiary/aromatic N) is 2. The summed E-state index contributed by atoms with van der Waals surface area (Å²) in [4.78, 5) is 0. The minimum atomic E-state index is -0.00119. The van der Waals surface area contributed by atoms with E-state index in [0.29, 0.717) is 0 Å². The third kappa shape index (κ3) is 6.04. The maximum absolute atomic E-state index is 5.35. The highest BCUT2D eigenvalue weighted by Crippen LogP contribution is 2.12. The molecule has 0 heterocycles. The van der Waals surface area contributed by atoms with E-state index in [1.165, 1.54) is 24.8 Å². The Morgan fingerprint density at radius 1 is 1.11 bits per heavy atom. The Hall–Kier alpha value is -1.84. The molecule has 0 radical (unpaired) electrons. The molecule has 0 saturated heterocycles. The van der Waals surface area contributed by atoms with Crippen LogP contribution in [0.25, 0.3) is 0 Å². The molecule has 19 heavy (non-hydrogen) atoms. The first-order valence-corrected chi connectivity index (χ1v) is 6.86. The molecular weight excluding hydrogens is 236 g/mol. The van der Waals surface area contributed by atoms with Crippen LogP contribution in [-0.2, 0) is 0 Å². The van der Waals surface area contributed by atoms with Gasteiger partial charge in [-0.15, -0.1) is 5.10 Å². The van der Waals surface area contributed by atoms with Gasteiger partial charge >= 0.3 is 0 Å². The molecule has 1 aromatic carbocycles. The molecule has 0 aliphatic rings. The first-order valence-electron chi connectivity index (χ1n) is 6.86. The van der Waals surface area contributed by atoms with Crippen molar-refractivity contribution in [2.24, 2.45) is 21.7 Å². The second-order valence-corrected chi connectivity index (χ2v) is 4.75. The molecule has 104 valence electrons. The maximum Gasteiger partial charge on any atom is 0.211 e. The van der Waals surface area contributed by atoms with Gasteiger partial charge in [-0.2, -0.15) is 5.10 Å². The van der Waals surface area contributed by atoms with Gasteiger partial charge in [-0.1, -0.05) is 56.0 Å². The summed E-state index contributed by atoms with van der Waals surface area (Å²) in [7, 11) is 0. The quantitative estimate of drug-likeness (QED) is 0.342. The predicted molar refractivity (Wildman–Crippen MR) is 82.3 cm³/mol. The van der Waals surface area contributed by atoms with Crippen molar-refractivity contribution in [3.05, 3.63) is 35.4 Å². The molecule has 1 rings (SSSR count). The molecule has 0 aliphatic heterocycles. The SMILES string of the molecule is CCCCCC/C(=N/N=C(N)N)c1cccc(C)c1. The van der Waals surface area contributed by atoms with Crippen LogP contribution in [0, 0.1) is 6.92 Å². The first kappa shape index (κ1) is 15.2. The summed E-state index contributed by atoms with van der Waals surface area (Å²) in [6.45, 7) is 4.27. The fourth-order valence-electron chi connectivity index (χ4n) is 1.91. The summed E-state index contributed by atoms with van der Waals surface area (Å²) in [6, 6.07) is 8.26. The van der Waals surface area contributed by atoms with Crippen LogP contribution in [0.3, 0.4) is 0 Å². The van der Waals surface area contributed by atoms with Gasteiger partial charge < -0.3 is 11.5 Å². The summed E-state index contributed by atoms with van der Waals surface area (Å²) < 4.78 is 0. The molecule has 0 saturated carbocycles. The van der Waals surface area contributed by atoms with Crippen LogP contribution in [0.5, 0.6) is 0 Å². The number of unbranched alkanes of at least 4 members (excludes halogenated alkanes) is 3. The van der Waals surface area contributed by atoms with E-state index in [0.717, 1.165) is 24.1 Å².